The Balaban J connectivity index is 0.00000192. The lowest BCUT2D eigenvalue weighted by molar-refractivity contribution is -0.122. The van der Waals surface area contributed by atoms with Crippen molar-refractivity contribution in [3.8, 4) is 0 Å². The topological polar surface area (TPSA) is 76.0 Å². The number of nitrogens with one attached hydrogen (secondary N) is 2. The van der Waals surface area contributed by atoms with Gasteiger partial charge < -0.3 is 10.6 Å². The van der Waals surface area contributed by atoms with Crippen molar-refractivity contribution in [1.82, 2.24) is 20.2 Å². The van der Waals surface area contributed by atoms with Gasteiger partial charge in [-0.3, -0.25) is 14.2 Å². The molecular formula is C15H18BrClN4O2. The number of hydrogen-bond donors (Lipinski definition) is 2. The molecule has 0 saturated carbocycles. The molecule has 1 aliphatic rings. The lowest BCUT2D eigenvalue weighted by Gasteiger charge is -2.23. The van der Waals surface area contributed by atoms with E-state index < -0.39 is 0 Å². The first-order chi connectivity index (χ1) is 10.6. The molecule has 1 saturated heterocycles. The Kier molecular flexibility index (Phi) is 6.15. The van der Waals surface area contributed by atoms with Crippen molar-refractivity contribution in [3.05, 3.63) is 39.4 Å². The SMILES string of the molecule is Cl.O=C(Cn1cnc2ccc(Br)cc2c1=O)N[C@H]1CCCNC1. The number of halogens is 2. The van der Waals surface area contributed by atoms with Crippen LogP contribution in [0.3, 0.4) is 0 Å². The number of benzene rings is 1. The number of aromatic nitrogens is 2. The smallest absolute Gasteiger partial charge is 0.261 e. The van der Waals surface area contributed by atoms with Gasteiger partial charge in [0.1, 0.15) is 6.54 Å². The number of rotatable bonds is 3. The quantitative estimate of drug-likeness (QED) is 0.816. The first-order valence-electron chi connectivity index (χ1n) is 7.28. The molecule has 0 radical (unpaired) electrons. The highest BCUT2D eigenvalue weighted by atomic mass is 79.9. The molecule has 23 heavy (non-hydrogen) atoms. The van der Waals surface area contributed by atoms with Crippen molar-refractivity contribution in [3.63, 3.8) is 0 Å². The van der Waals surface area contributed by atoms with Crippen LogP contribution in [0.15, 0.2) is 33.8 Å². The van der Waals surface area contributed by atoms with Crippen LogP contribution in [0.25, 0.3) is 10.9 Å². The second kappa shape index (κ2) is 7.90. The minimum Gasteiger partial charge on any atom is -0.351 e. The average Bonchev–Trinajstić information content (AvgIpc) is 2.51. The summed E-state index contributed by atoms with van der Waals surface area (Å²) < 4.78 is 2.16. The fourth-order valence-electron chi connectivity index (χ4n) is 2.65. The first kappa shape index (κ1) is 17.9. The van der Waals surface area contributed by atoms with Crippen molar-refractivity contribution in [2.75, 3.05) is 13.1 Å². The predicted octanol–water partition coefficient (Wildman–Crippen LogP) is 1.45. The fourth-order valence-corrected chi connectivity index (χ4v) is 3.01. The van der Waals surface area contributed by atoms with E-state index in [2.05, 4.69) is 31.5 Å². The van der Waals surface area contributed by atoms with E-state index in [1.807, 2.05) is 6.07 Å². The normalized spacial score (nSPS) is 17.5. The van der Waals surface area contributed by atoms with Crippen LogP contribution in [-0.4, -0.2) is 34.6 Å². The van der Waals surface area contributed by atoms with Gasteiger partial charge in [0.25, 0.3) is 5.56 Å². The molecule has 6 nitrogen and oxygen atoms in total. The summed E-state index contributed by atoms with van der Waals surface area (Å²) >= 11 is 3.35. The number of nitrogens with zero attached hydrogens (tertiary/aromatic N) is 2. The highest BCUT2D eigenvalue weighted by Crippen LogP contribution is 2.14. The molecule has 3 rings (SSSR count). The van der Waals surface area contributed by atoms with E-state index >= 15 is 0 Å². The largest absolute Gasteiger partial charge is 0.351 e. The lowest BCUT2D eigenvalue weighted by atomic mass is 10.1. The predicted molar refractivity (Wildman–Crippen MR) is 95.0 cm³/mol. The van der Waals surface area contributed by atoms with E-state index in [1.165, 1.54) is 10.9 Å². The Morgan fingerprint density at radius 2 is 2.30 bits per heavy atom. The highest BCUT2D eigenvalue weighted by Gasteiger charge is 2.16. The zero-order valence-corrected chi connectivity index (χ0v) is 14.8. The van der Waals surface area contributed by atoms with Crippen molar-refractivity contribution >= 4 is 45.1 Å². The van der Waals surface area contributed by atoms with Crippen LogP contribution in [0, 0.1) is 0 Å². The molecule has 2 N–H and O–H groups in total. The summed E-state index contributed by atoms with van der Waals surface area (Å²) in [6, 6.07) is 5.48. The molecule has 0 unspecified atom stereocenters. The first-order valence-corrected chi connectivity index (χ1v) is 8.07. The summed E-state index contributed by atoms with van der Waals surface area (Å²) in [7, 11) is 0. The summed E-state index contributed by atoms with van der Waals surface area (Å²) in [5.74, 6) is -0.160. The molecular weight excluding hydrogens is 384 g/mol. The minimum atomic E-state index is -0.205. The van der Waals surface area contributed by atoms with Gasteiger partial charge in [0.2, 0.25) is 5.91 Å². The van der Waals surface area contributed by atoms with Crippen LogP contribution < -0.4 is 16.2 Å². The van der Waals surface area contributed by atoms with Crippen molar-refractivity contribution in [2.45, 2.75) is 25.4 Å². The molecule has 1 aromatic heterocycles. The molecule has 1 aliphatic heterocycles. The molecule has 0 spiro atoms. The molecule has 1 fully saturated rings. The third-order valence-electron chi connectivity index (χ3n) is 3.76. The van der Waals surface area contributed by atoms with Crippen LogP contribution in [0.4, 0.5) is 0 Å². The molecule has 1 aromatic carbocycles. The van der Waals surface area contributed by atoms with Crippen LogP contribution >= 0.6 is 28.3 Å². The Hall–Kier alpha value is -1.44. The summed E-state index contributed by atoms with van der Waals surface area (Å²) in [5, 5.41) is 6.70. The van der Waals surface area contributed by atoms with Crippen LogP contribution in [0.5, 0.6) is 0 Å². The third-order valence-corrected chi connectivity index (χ3v) is 4.26. The maximum atomic E-state index is 12.4. The van der Waals surface area contributed by atoms with E-state index in [-0.39, 0.29) is 36.5 Å². The van der Waals surface area contributed by atoms with Crippen molar-refractivity contribution in [2.24, 2.45) is 0 Å². The number of carbonyl (C=O) groups is 1. The van der Waals surface area contributed by atoms with Gasteiger partial charge >= 0.3 is 0 Å². The fraction of sp³-hybridized carbons (Fsp3) is 0.400. The number of fused-ring (bicyclic) bond motifs is 1. The maximum Gasteiger partial charge on any atom is 0.261 e. The summed E-state index contributed by atoms with van der Waals surface area (Å²) in [4.78, 5) is 28.8. The van der Waals surface area contributed by atoms with Gasteiger partial charge in [-0.25, -0.2) is 4.98 Å². The van der Waals surface area contributed by atoms with Gasteiger partial charge in [0.05, 0.1) is 17.2 Å². The molecule has 1 atom stereocenters. The molecule has 8 heteroatoms. The molecule has 2 aromatic rings. The molecule has 0 aliphatic carbocycles. The second-order valence-electron chi connectivity index (χ2n) is 5.45. The zero-order valence-electron chi connectivity index (χ0n) is 12.4. The van der Waals surface area contributed by atoms with Gasteiger partial charge in [-0.2, -0.15) is 0 Å². The van der Waals surface area contributed by atoms with Crippen LogP contribution in [0.2, 0.25) is 0 Å². The summed E-state index contributed by atoms with van der Waals surface area (Å²) in [5.41, 5.74) is 0.421. The molecule has 1 amide bonds. The Labute approximate surface area is 148 Å². The Bertz CT molecular complexity index is 759. The summed E-state index contributed by atoms with van der Waals surface area (Å²) in [6.45, 7) is 1.77. The zero-order chi connectivity index (χ0) is 15.5. The third kappa shape index (κ3) is 4.31. The highest BCUT2D eigenvalue weighted by molar-refractivity contribution is 9.10. The second-order valence-corrected chi connectivity index (χ2v) is 6.37. The van der Waals surface area contributed by atoms with Gasteiger partial charge in [0.15, 0.2) is 0 Å². The van der Waals surface area contributed by atoms with E-state index in [1.54, 1.807) is 12.1 Å². The molecule has 0 bridgehead atoms. The molecule has 124 valence electrons. The number of carbonyl (C=O) groups excluding carboxylic acids is 1. The van der Waals surface area contributed by atoms with E-state index in [9.17, 15) is 9.59 Å². The van der Waals surface area contributed by atoms with Gasteiger partial charge in [-0.1, -0.05) is 15.9 Å². The van der Waals surface area contributed by atoms with Crippen molar-refractivity contribution < 1.29 is 4.79 Å². The van der Waals surface area contributed by atoms with Crippen LogP contribution in [0.1, 0.15) is 12.8 Å². The van der Waals surface area contributed by atoms with E-state index in [0.29, 0.717) is 10.9 Å². The number of hydrogen-bond acceptors (Lipinski definition) is 4. The minimum absolute atomic E-state index is 0. The van der Waals surface area contributed by atoms with E-state index in [0.717, 1.165) is 30.4 Å². The number of piperidine rings is 1. The Morgan fingerprint density at radius 1 is 1.48 bits per heavy atom. The summed E-state index contributed by atoms with van der Waals surface area (Å²) in [6.07, 6.45) is 3.45. The van der Waals surface area contributed by atoms with E-state index in [4.69, 9.17) is 0 Å². The van der Waals surface area contributed by atoms with Gasteiger partial charge in [-0.15, -0.1) is 12.4 Å². The Morgan fingerprint density at radius 3 is 3.04 bits per heavy atom. The number of amides is 1. The molecule has 2 heterocycles. The average molecular weight is 402 g/mol. The van der Waals surface area contributed by atoms with Crippen LogP contribution in [-0.2, 0) is 11.3 Å². The lowest BCUT2D eigenvalue weighted by Crippen LogP contribution is -2.47. The van der Waals surface area contributed by atoms with Gasteiger partial charge in [-0.05, 0) is 37.6 Å². The van der Waals surface area contributed by atoms with Gasteiger partial charge in [0, 0.05) is 17.1 Å². The van der Waals surface area contributed by atoms with Crippen molar-refractivity contribution in [1.29, 1.82) is 0 Å². The maximum absolute atomic E-state index is 12.4. The monoisotopic (exact) mass is 400 g/mol. The standard InChI is InChI=1S/C15H17BrN4O2.ClH/c16-10-3-4-13-12(6-10)15(22)20(9-18-13)8-14(21)19-11-2-1-5-17-7-11;/h3-4,6,9,11,17H,1-2,5,7-8H2,(H,19,21);1H/t11-;/m0./s1.